The molecule has 0 radical (unpaired) electrons. The topological polar surface area (TPSA) is 0 Å². The molecule has 1 saturated carbocycles. The summed E-state index contributed by atoms with van der Waals surface area (Å²) in [5.74, 6) is 0.892. The summed E-state index contributed by atoms with van der Waals surface area (Å²) in [5, 5.41) is 0. The van der Waals surface area contributed by atoms with E-state index in [1.165, 1.54) is 32.1 Å². The van der Waals surface area contributed by atoms with Crippen LogP contribution in [0.3, 0.4) is 0 Å². The molecular weight excluding hydrogens is 168 g/mol. The van der Waals surface area contributed by atoms with E-state index in [2.05, 4.69) is 34.6 Å². The predicted octanol–water partition coefficient (Wildman–Crippen LogP) is 4.95. The zero-order valence-electron chi connectivity index (χ0n) is 10.6. The first-order chi connectivity index (χ1) is 6.43. The van der Waals surface area contributed by atoms with Crippen LogP contribution in [0.5, 0.6) is 0 Å². The second-order valence-corrected chi connectivity index (χ2v) is 5.89. The fourth-order valence-corrected chi connectivity index (χ4v) is 2.43. The monoisotopic (exact) mass is 194 g/mol. The molecule has 0 aromatic rings. The maximum absolute atomic E-state index is 2.36. The summed E-state index contributed by atoms with van der Waals surface area (Å²) in [6.45, 7) is 11.7. The maximum atomic E-state index is 2.36. The first kappa shape index (κ1) is 11.8. The Bertz CT molecular complexity index is 209. The molecule has 0 bridgehead atoms. The van der Waals surface area contributed by atoms with Crippen molar-refractivity contribution in [3.05, 3.63) is 11.1 Å². The summed E-state index contributed by atoms with van der Waals surface area (Å²) >= 11 is 0. The van der Waals surface area contributed by atoms with Crippen molar-refractivity contribution in [2.45, 2.75) is 66.7 Å². The Kier molecular flexibility index (Phi) is 3.80. The van der Waals surface area contributed by atoms with E-state index >= 15 is 0 Å². The molecule has 1 rings (SSSR count). The Labute approximate surface area is 89.8 Å². The van der Waals surface area contributed by atoms with Gasteiger partial charge in [0.1, 0.15) is 0 Å². The Morgan fingerprint density at radius 1 is 0.929 bits per heavy atom. The van der Waals surface area contributed by atoms with Crippen molar-refractivity contribution in [1.82, 2.24) is 0 Å². The third-order valence-corrected chi connectivity index (χ3v) is 3.93. The van der Waals surface area contributed by atoms with Gasteiger partial charge in [0.25, 0.3) is 0 Å². The van der Waals surface area contributed by atoms with Crippen LogP contribution in [0.15, 0.2) is 11.1 Å². The molecule has 1 aliphatic carbocycles. The van der Waals surface area contributed by atoms with E-state index in [4.69, 9.17) is 0 Å². The van der Waals surface area contributed by atoms with Gasteiger partial charge in [-0.1, -0.05) is 51.2 Å². The summed E-state index contributed by atoms with van der Waals surface area (Å²) in [6.07, 6.45) is 7.20. The lowest BCUT2D eigenvalue weighted by Crippen LogP contribution is -2.15. The molecule has 0 aliphatic heterocycles. The van der Waals surface area contributed by atoms with Crippen LogP contribution in [0, 0.1) is 11.3 Å². The highest BCUT2D eigenvalue weighted by molar-refractivity contribution is 5.18. The molecule has 0 heterocycles. The van der Waals surface area contributed by atoms with Crippen LogP contribution in [0.4, 0.5) is 0 Å². The maximum Gasteiger partial charge on any atom is -0.0173 e. The van der Waals surface area contributed by atoms with Gasteiger partial charge in [-0.15, -0.1) is 0 Å². The normalized spacial score (nSPS) is 22.1. The molecule has 0 saturated heterocycles. The van der Waals surface area contributed by atoms with Crippen molar-refractivity contribution in [3.63, 3.8) is 0 Å². The minimum Gasteiger partial charge on any atom is -0.0708 e. The molecule has 1 aliphatic rings. The van der Waals surface area contributed by atoms with Gasteiger partial charge in [0.2, 0.25) is 0 Å². The highest BCUT2D eigenvalue weighted by Gasteiger charge is 2.21. The average Bonchev–Trinajstić information content (AvgIpc) is 2.15. The smallest absolute Gasteiger partial charge is 0.0173 e. The number of rotatable bonds is 1. The molecule has 1 fully saturated rings. The second kappa shape index (κ2) is 4.51. The van der Waals surface area contributed by atoms with Gasteiger partial charge >= 0.3 is 0 Å². The minimum absolute atomic E-state index is 0.363. The zero-order valence-corrected chi connectivity index (χ0v) is 10.6. The summed E-state index contributed by atoms with van der Waals surface area (Å²) < 4.78 is 0. The number of hydrogen-bond donors (Lipinski definition) is 0. The van der Waals surface area contributed by atoms with Crippen LogP contribution in [0.25, 0.3) is 0 Å². The van der Waals surface area contributed by atoms with Gasteiger partial charge in [-0.3, -0.25) is 0 Å². The van der Waals surface area contributed by atoms with E-state index < -0.39 is 0 Å². The second-order valence-electron chi connectivity index (χ2n) is 5.89. The highest BCUT2D eigenvalue weighted by Crippen LogP contribution is 2.36. The van der Waals surface area contributed by atoms with Crippen molar-refractivity contribution in [3.8, 4) is 0 Å². The summed E-state index contributed by atoms with van der Waals surface area (Å²) in [7, 11) is 0. The van der Waals surface area contributed by atoms with Gasteiger partial charge in [-0.05, 0) is 38.0 Å². The van der Waals surface area contributed by atoms with Gasteiger partial charge in [0.15, 0.2) is 0 Å². The van der Waals surface area contributed by atoms with Crippen LogP contribution in [0.2, 0.25) is 0 Å². The number of allylic oxidation sites excluding steroid dienone is 2. The third-order valence-electron chi connectivity index (χ3n) is 3.93. The first-order valence-corrected chi connectivity index (χ1v) is 6.11. The molecule has 0 aromatic heterocycles. The van der Waals surface area contributed by atoms with Crippen molar-refractivity contribution in [1.29, 1.82) is 0 Å². The van der Waals surface area contributed by atoms with Crippen molar-refractivity contribution >= 4 is 0 Å². The highest BCUT2D eigenvalue weighted by atomic mass is 14.3. The Morgan fingerprint density at radius 2 is 1.43 bits per heavy atom. The lowest BCUT2D eigenvalue weighted by molar-refractivity contribution is 0.389. The first-order valence-electron chi connectivity index (χ1n) is 6.11. The summed E-state index contributed by atoms with van der Waals surface area (Å²) in [4.78, 5) is 0. The molecule has 0 amide bonds. The van der Waals surface area contributed by atoms with Crippen molar-refractivity contribution in [2.24, 2.45) is 11.3 Å². The lowest BCUT2D eigenvalue weighted by Gasteiger charge is -2.29. The van der Waals surface area contributed by atoms with E-state index in [1.807, 2.05) is 0 Å². The largest absolute Gasteiger partial charge is 0.0708 e. The Hall–Kier alpha value is -0.260. The van der Waals surface area contributed by atoms with Crippen LogP contribution in [-0.4, -0.2) is 0 Å². The van der Waals surface area contributed by atoms with Gasteiger partial charge in [0.05, 0.1) is 0 Å². The lowest BCUT2D eigenvalue weighted by atomic mass is 9.77. The standard InChI is InChI=1S/C14H26/c1-11(12(2)14(3,4)5)13-9-7-6-8-10-13/h13H,6-10H2,1-5H3. The minimum atomic E-state index is 0.363. The van der Waals surface area contributed by atoms with Crippen molar-refractivity contribution in [2.75, 3.05) is 0 Å². The predicted molar refractivity (Wildman–Crippen MR) is 64.4 cm³/mol. The fourth-order valence-electron chi connectivity index (χ4n) is 2.43. The Balaban J connectivity index is 2.74. The van der Waals surface area contributed by atoms with E-state index in [0.29, 0.717) is 5.41 Å². The van der Waals surface area contributed by atoms with E-state index in [1.54, 1.807) is 11.1 Å². The molecule has 0 unspecified atom stereocenters. The molecule has 0 N–H and O–H groups in total. The van der Waals surface area contributed by atoms with Crippen LogP contribution < -0.4 is 0 Å². The van der Waals surface area contributed by atoms with Crippen LogP contribution in [-0.2, 0) is 0 Å². The van der Waals surface area contributed by atoms with Gasteiger partial charge < -0.3 is 0 Å². The Morgan fingerprint density at radius 3 is 1.86 bits per heavy atom. The van der Waals surface area contributed by atoms with Crippen LogP contribution >= 0.6 is 0 Å². The van der Waals surface area contributed by atoms with Gasteiger partial charge in [-0.2, -0.15) is 0 Å². The van der Waals surface area contributed by atoms with Gasteiger partial charge in [0, 0.05) is 0 Å². The molecule has 0 spiro atoms. The van der Waals surface area contributed by atoms with Gasteiger partial charge in [-0.25, -0.2) is 0 Å². The summed E-state index contributed by atoms with van der Waals surface area (Å²) in [6, 6.07) is 0. The number of hydrogen-bond acceptors (Lipinski definition) is 0. The quantitative estimate of drug-likeness (QED) is 0.518. The van der Waals surface area contributed by atoms with Crippen LogP contribution in [0.1, 0.15) is 66.7 Å². The molecule has 0 aromatic carbocycles. The molecular formula is C14H26. The average molecular weight is 194 g/mol. The van der Waals surface area contributed by atoms with Crippen molar-refractivity contribution < 1.29 is 0 Å². The molecule has 82 valence electrons. The van der Waals surface area contributed by atoms with E-state index in [9.17, 15) is 0 Å². The fraction of sp³-hybridized carbons (Fsp3) is 0.857. The molecule has 0 heteroatoms. The molecule has 0 nitrogen and oxygen atoms in total. The van der Waals surface area contributed by atoms with E-state index in [-0.39, 0.29) is 0 Å². The zero-order chi connectivity index (χ0) is 10.8. The third kappa shape index (κ3) is 2.87. The SMILES string of the molecule is CC(=C(C)C(C)(C)C)C1CCCCC1. The molecule has 0 atom stereocenters. The summed E-state index contributed by atoms with van der Waals surface area (Å²) in [5.41, 5.74) is 3.66. The van der Waals surface area contributed by atoms with E-state index in [0.717, 1.165) is 5.92 Å². The molecule has 14 heavy (non-hydrogen) atoms.